The van der Waals surface area contributed by atoms with Gasteiger partial charge in [-0.3, -0.25) is 0 Å². The summed E-state index contributed by atoms with van der Waals surface area (Å²) < 4.78 is 1.20. The first-order valence-corrected chi connectivity index (χ1v) is 6.63. The lowest BCUT2D eigenvalue weighted by Gasteiger charge is -2.13. The first-order chi connectivity index (χ1) is 7.66. The van der Waals surface area contributed by atoms with Gasteiger partial charge in [0, 0.05) is 29.6 Å². The molecule has 0 amide bonds. The highest BCUT2D eigenvalue weighted by Gasteiger charge is 2.25. The first kappa shape index (κ1) is 12.1. The van der Waals surface area contributed by atoms with E-state index >= 15 is 0 Å². The molecule has 0 spiro atoms. The molecule has 1 aliphatic heterocycles. The van der Waals surface area contributed by atoms with Crippen LogP contribution >= 0.6 is 15.9 Å². The second-order valence-electron chi connectivity index (χ2n) is 4.69. The second-order valence-corrected chi connectivity index (χ2v) is 5.55. The van der Waals surface area contributed by atoms with E-state index in [4.69, 9.17) is 0 Å². The van der Waals surface area contributed by atoms with Gasteiger partial charge in [0.2, 0.25) is 0 Å². The highest BCUT2D eigenvalue weighted by Crippen LogP contribution is 2.18. The maximum Gasteiger partial charge on any atom is 0.0220 e. The molecule has 0 radical (unpaired) electrons. The van der Waals surface area contributed by atoms with Crippen LogP contribution in [0.5, 0.6) is 0 Å². The molecule has 88 valence electrons. The molecule has 2 atom stereocenters. The zero-order chi connectivity index (χ0) is 11.5. The summed E-state index contributed by atoms with van der Waals surface area (Å²) in [5.74, 6) is 0. The fourth-order valence-electron chi connectivity index (χ4n) is 2.24. The molecule has 1 aromatic carbocycles. The van der Waals surface area contributed by atoms with Crippen molar-refractivity contribution in [3.05, 3.63) is 34.3 Å². The van der Waals surface area contributed by atoms with Gasteiger partial charge in [-0.15, -0.1) is 0 Å². The van der Waals surface area contributed by atoms with Gasteiger partial charge in [0.1, 0.15) is 0 Å². The van der Waals surface area contributed by atoms with E-state index in [0.29, 0.717) is 12.1 Å². The van der Waals surface area contributed by atoms with E-state index in [1.54, 1.807) is 0 Å². The summed E-state index contributed by atoms with van der Waals surface area (Å²) in [5, 5.41) is 3.63. The summed E-state index contributed by atoms with van der Waals surface area (Å²) in [7, 11) is 2.20. The zero-order valence-corrected chi connectivity index (χ0v) is 11.5. The number of benzene rings is 1. The van der Waals surface area contributed by atoms with Crippen molar-refractivity contribution >= 4 is 15.9 Å². The summed E-state index contributed by atoms with van der Waals surface area (Å²) in [4.78, 5) is 2.41. The molecule has 2 nitrogen and oxygen atoms in total. The molecule has 0 saturated carbocycles. The van der Waals surface area contributed by atoms with Crippen LogP contribution in [0.15, 0.2) is 28.7 Å². The predicted molar refractivity (Wildman–Crippen MR) is 71.5 cm³/mol. The van der Waals surface area contributed by atoms with Gasteiger partial charge in [-0.05, 0) is 32.0 Å². The molecule has 1 heterocycles. The molecule has 0 aromatic heterocycles. The number of halogens is 1. The number of nitrogens with zero attached hydrogens (tertiary/aromatic N) is 1. The Morgan fingerprint density at radius 1 is 1.44 bits per heavy atom. The second kappa shape index (κ2) is 5.30. The van der Waals surface area contributed by atoms with Gasteiger partial charge in [0.05, 0.1) is 0 Å². The molecule has 1 N–H and O–H groups in total. The average Bonchev–Trinajstić information content (AvgIpc) is 2.57. The maximum absolute atomic E-state index is 3.63. The normalized spacial score (nSPS) is 26.2. The topological polar surface area (TPSA) is 15.3 Å². The monoisotopic (exact) mass is 282 g/mol. The van der Waals surface area contributed by atoms with Crippen LogP contribution in [0, 0.1) is 0 Å². The molecule has 3 heteroatoms. The van der Waals surface area contributed by atoms with Crippen LogP contribution in [0.4, 0.5) is 0 Å². The molecule has 1 saturated heterocycles. The quantitative estimate of drug-likeness (QED) is 0.917. The van der Waals surface area contributed by atoms with Gasteiger partial charge in [-0.25, -0.2) is 0 Å². The molecule has 2 rings (SSSR count). The summed E-state index contributed by atoms with van der Waals surface area (Å²) >= 11 is 3.58. The van der Waals surface area contributed by atoms with E-state index < -0.39 is 0 Å². The zero-order valence-electron chi connectivity index (χ0n) is 9.91. The standard InChI is InChI=1S/C13H19BrN2/c1-10-7-12(9-16(10)2)15-8-11-5-3-4-6-13(11)14/h3-6,10,12,15H,7-9H2,1-2H3. The van der Waals surface area contributed by atoms with E-state index in [9.17, 15) is 0 Å². The minimum Gasteiger partial charge on any atom is -0.309 e. The van der Waals surface area contributed by atoms with E-state index in [-0.39, 0.29) is 0 Å². The Labute approximate surface area is 106 Å². The Morgan fingerprint density at radius 3 is 2.81 bits per heavy atom. The molecular weight excluding hydrogens is 264 g/mol. The van der Waals surface area contributed by atoms with Crippen LogP contribution < -0.4 is 5.32 Å². The fourth-order valence-corrected chi connectivity index (χ4v) is 2.66. The molecule has 0 bridgehead atoms. The number of rotatable bonds is 3. The Morgan fingerprint density at radius 2 is 2.19 bits per heavy atom. The summed E-state index contributed by atoms with van der Waals surface area (Å²) in [6.45, 7) is 4.40. The van der Waals surface area contributed by atoms with Crippen LogP contribution in [0.2, 0.25) is 0 Å². The average molecular weight is 283 g/mol. The third-order valence-corrected chi connectivity index (χ3v) is 4.20. The Bertz CT molecular complexity index is 344. The van der Waals surface area contributed by atoms with Crippen molar-refractivity contribution in [3.63, 3.8) is 0 Å². The molecular formula is C13H19BrN2. The lowest BCUT2D eigenvalue weighted by Crippen LogP contribution is -2.31. The highest BCUT2D eigenvalue weighted by molar-refractivity contribution is 9.10. The molecule has 2 unspecified atom stereocenters. The van der Waals surface area contributed by atoms with Crippen molar-refractivity contribution in [2.45, 2.75) is 32.0 Å². The first-order valence-electron chi connectivity index (χ1n) is 5.84. The predicted octanol–water partition coefficient (Wildman–Crippen LogP) is 2.63. The number of hydrogen-bond donors (Lipinski definition) is 1. The summed E-state index contributed by atoms with van der Waals surface area (Å²) in [5.41, 5.74) is 1.34. The largest absolute Gasteiger partial charge is 0.309 e. The molecule has 16 heavy (non-hydrogen) atoms. The van der Waals surface area contributed by atoms with E-state index in [1.165, 1.54) is 16.5 Å². The molecule has 1 aliphatic rings. The van der Waals surface area contributed by atoms with Crippen LogP contribution in [0.1, 0.15) is 18.9 Å². The van der Waals surface area contributed by atoms with Crippen LogP contribution in [0.3, 0.4) is 0 Å². The van der Waals surface area contributed by atoms with Gasteiger partial charge in [-0.2, -0.15) is 0 Å². The Kier molecular flexibility index (Phi) is 4.00. The third kappa shape index (κ3) is 2.84. The number of hydrogen-bond acceptors (Lipinski definition) is 2. The van der Waals surface area contributed by atoms with Gasteiger partial charge in [0.15, 0.2) is 0 Å². The Hall–Kier alpha value is -0.380. The van der Waals surface area contributed by atoms with E-state index in [1.807, 2.05) is 0 Å². The number of likely N-dealkylation sites (tertiary alicyclic amines) is 1. The van der Waals surface area contributed by atoms with Crippen molar-refractivity contribution < 1.29 is 0 Å². The van der Waals surface area contributed by atoms with Crippen molar-refractivity contribution in [2.24, 2.45) is 0 Å². The van der Waals surface area contributed by atoms with Gasteiger partial charge in [-0.1, -0.05) is 34.1 Å². The fraction of sp³-hybridized carbons (Fsp3) is 0.538. The van der Waals surface area contributed by atoms with Crippen molar-refractivity contribution in [3.8, 4) is 0 Å². The molecule has 0 aliphatic carbocycles. The van der Waals surface area contributed by atoms with Crippen LogP contribution in [0.25, 0.3) is 0 Å². The smallest absolute Gasteiger partial charge is 0.0220 e. The van der Waals surface area contributed by atoms with Gasteiger partial charge >= 0.3 is 0 Å². The van der Waals surface area contributed by atoms with Gasteiger partial charge < -0.3 is 10.2 Å². The van der Waals surface area contributed by atoms with Crippen molar-refractivity contribution in [1.29, 1.82) is 0 Å². The SMILES string of the molecule is CC1CC(NCc2ccccc2Br)CN1C. The summed E-state index contributed by atoms with van der Waals surface area (Å²) in [6.07, 6.45) is 1.25. The molecule has 1 fully saturated rings. The lowest BCUT2D eigenvalue weighted by atomic mass is 10.1. The lowest BCUT2D eigenvalue weighted by molar-refractivity contribution is 0.326. The van der Waals surface area contributed by atoms with Crippen LogP contribution in [-0.4, -0.2) is 30.6 Å². The van der Waals surface area contributed by atoms with Crippen molar-refractivity contribution in [1.82, 2.24) is 10.2 Å². The third-order valence-electron chi connectivity index (χ3n) is 3.43. The minimum atomic E-state index is 0.632. The number of likely N-dealkylation sites (N-methyl/N-ethyl adjacent to an activating group) is 1. The minimum absolute atomic E-state index is 0.632. The Balaban J connectivity index is 1.87. The highest BCUT2D eigenvalue weighted by atomic mass is 79.9. The van der Waals surface area contributed by atoms with Crippen LogP contribution in [-0.2, 0) is 6.54 Å². The van der Waals surface area contributed by atoms with E-state index in [2.05, 4.69) is 64.4 Å². The maximum atomic E-state index is 3.63. The van der Waals surface area contributed by atoms with Gasteiger partial charge in [0.25, 0.3) is 0 Å². The van der Waals surface area contributed by atoms with E-state index in [0.717, 1.165) is 13.1 Å². The number of nitrogens with one attached hydrogen (secondary N) is 1. The molecule has 1 aromatic rings. The van der Waals surface area contributed by atoms with Crippen molar-refractivity contribution in [2.75, 3.05) is 13.6 Å². The summed E-state index contributed by atoms with van der Waals surface area (Å²) in [6, 6.07) is 9.74.